The average molecular weight is 347 g/mol. The number of thiazole rings is 1. The molecule has 0 unspecified atom stereocenters. The highest BCUT2D eigenvalue weighted by molar-refractivity contribution is 7.17. The van der Waals surface area contributed by atoms with Crippen molar-refractivity contribution in [3.8, 4) is 0 Å². The third-order valence-corrected chi connectivity index (χ3v) is 4.98. The Balaban J connectivity index is 2.13. The maximum atomic E-state index is 12.6. The molecule has 2 aromatic carbocycles. The Kier molecular flexibility index (Phi) is 5.01. The molecule has 3 rings (SSSR count). The van der Waals surface area contributed by atoms with Crippen LogP contribution in [0.4, 0.5) is 0 Å². The summed E-state index contributed by atoms with van der Waals surface area (Å²) in [7, 11) is 1.53. The van der Waals surface area contributed by atoms with Crippen molar-refractivity contribution >= 4 is 32.3 Å². The zero-order valence-electron chi connectivity index (χ0n) is 14.1. The Bertz CT molecular complexity index is 893. The Hall–Kier alpha value is -1.73. The lowest BCUT2D eigenvalue weighted by Crippen LogP contribution is -2.44. The largest absolute Gasteiger partial charge is 0.329 e. The van der Waals surface area contributed by atoms with E-state index in [1.165, 1.54) is 18.4 Å². The monoisotopic (exact) mass is 347 g/mol. The number of benzene rings is 2. The van der Waals surface area contributed by atoms with Gasteiger partial charge >= 0.3 is 10.8 Å². The van der Waals surface area contributed by atoms with E-state index >= 15 is 0 Å². The predicted octanol–water partition coefficient (Wildman–Crippen LogP) is 3.59. The smallest absolute Gasteiger partial charge is 0.308 e. The van der Waals surface area contributed by atoms with Gasteiger partial charge in [-0.1, -0.05) is 41.7 Å². The highest BCUT2D eigenvalue weighted by Gasteiger charge is 2.33. The van der Waals surface area contributed by atoms with E-state index in [1.54, 1.807) is 4.57 Å². The van der Waals surface area contributed by atoms with Gasteiger partial charge in [-0.05, 0) is 25.3 Å². The first-order valence-electron chi connectivity index (χ1n) is 7.98. The number of aromatic nitrogens is 1. The minimum atomic E-state index is -1.26. The molecule has 1 heterocycles. The molecule has 0 aliphatic heterocycles. The molecule has 0 radical (unpaired) electrons. The van der Waals surface area contributed by atoms with Crippen LogP contribution in [0.3, 0.4) is 0 Å². The van der Waals surface area contributed by atoms with E-state index in [0.29, 0.717) is 13.2 Å². The van der Waals surface area contributed by atoms with Crippen LogP contribution in [0.5, 0.6) is 0 Å². The van der Waals surface area contributed by atoms with E-state index in [9.17, 15) is 4.79 Å². The maximum absolute atomic E-state index is 12.6. The second-order valence-corrected chi connectivity index (χ2v) is 6.30. The quantitative estimate of drug-likeness (QED) is 0.613. The van der Waals surface area contributed by atoms with Gasteiger partial charge in [0.1, 0.15) is 6.54 Å². The van der Waals surface area contributed by atoms with Crippen molar-refractivity contribution in [3.05, 3.63) is 46.1 Å². The number of fused-ring (bicyclic) bond motifs is 3. The molecule has 5 nitrogen and oxygen atoms in total. The van der Waals surface area contributed by atoms with Gasteiger partial charge in [-0.2, -0.15) is 0 Å². The number of hydrogen-bond donors (Lipinski definition) is 0. The van der Waals surface area contributed by atoms with Gasteiger partial charge < -0.3 is 14.2 Å². The summed E-state index contributed by atoms with van der Waals surface area (Å²) >= 11 is 1.24. The topological polar surface area (TPSA) is 49.7 Å². The van der Waals surface area contributed by atoms with Crippen molar-refractivity contribution in [1.29, 1.82) is 0 Å². The molecule has 0 spiro atoms. The third kappa shape index (κ3) is 2.98. The van der Waals surface area contributed by atoms with Gasteiger partial charge in [0.05, 0.1) is 10.2 Å². The molecule has 3 aromatic rings. The van der Waals surface area contributed by atoms with Crippen LogP contribution in [-0.2, 0) is 20.8 Å². The van der Waals surface area contributed by atoms with Crippen molar-refractivity contribution in [2.75, 3.05) is 20.3 Å². The molecule has 0 fully saturated rings. The number of methoxy groups -OCH3 is 1. The van der Waals surface area contributed by atoms with Crippen molar-refractivity contribution in [3.63, 3.8) is 0 Å². The highest BCUT2D eigenvalue weighted by Crippen LogP contribution is 2.29. The summed E-state index contributed by atoms with van der Waals surface area (Å²) in [6.07, 6.45) is 0. The first-order valence-corrected chi connectivity index (χ1v) is 8.80. The van der Waals surface area contributed by atoms with Crippen LogP contribution >= 0.6 is 11.3 Å². The van der Waals surface area contributed by atoms with E-state index in [4.69, 9.17) is 14.2 Å². The van der Waals surface area contributed by atoms with Crippen molar-refractivity contribution in [2.24, 2.45) is 0 Å². The zero-order chi connectivity index (χ0) is 17.2. The second-order valence-electron chi connectivity index (χ2n) is 5.34. The molecular formula is C18H21NO4S. The minimum absolute atomic E-state index is 0.0535. The third-order valence-electron chi connectivity index (χ3n) is 3.95. The summed E-state index contributed by atoms with van der Waals surface area (Å²) in [6, 6.07) is 12.0. The zero-order valence-corrected chi connectivity index (χ0v) is 14.9. The van der Waals surface area contributed by atoms with Crippen LogP contribution in [-0.4, -0.2) is 30.9 Å². The Morgan fingerprint density at radius 2 is 1.79 bits per heavy atom. The Labute approximate surface area is 144 Å². The van der Waals surface area contributed by atoms with E-state index in [2.05, 4.69) is 0 Å². The van der Waals surface area contributed by atoms with Crippen LogP contribution in [0.1, 0.15) is 13.8 Å². The summed E-state index contributed by atoms with van der Waals surface area (Å²) in [5.41, 5.74) is 0.865. The summed E-state index contributed by atoms with van der Waals surface area (Å²) < 4.78 is 19.5. The normalized spacial score (nSPS) is 12.3. The van der Waals surface area contributed by atoms with Gasteiger partial charge in [0.25, 0.3) is 0 Å². The predicted molar refractivity (Wildman–Crippen MR) is 96.6 cm³/mol. The van der Waals surface area contributed by atoms with E-state index < -0.39 is 5.97 Å². The van der Waals surface area contributed by atoms with E-state index in [0.717, 1.165) is 21.0 Å². The number of rotatable bonds is 7. The summed E-state index contributed by atoms with van der Waals surface area (Å²) in [4.78, 5) is 12.5. The molecule has 0 atom stereocenters. The molecule has 128 valence electrons. The summed E-state index contributed by atoms with van der Waals surface area (Å²) in [5, 5.41) is 2.19. The highest BCUT2D eigenvalue weighted by atomic mass is 32.1. The average Bonchev–Trinajstić information content (AvgIpc) is 2.91. The van der Waals surface area contributed by atoms with Crippen LogP contribution in [0.25, 0.3) is 21.0 Å². The molecular weight excluding hydrogens is 326 g/mol. The maximum Gasteiger partial charge on any atom is 0.308 e. The molecule has 0 saturated carbocycles. The number of hydrogen-bond acceptors (Lipinski definition) is 5. The molecule has 0 saturated heterocycles. The fourth-order valence-electron chi connectivity index (χ4n) is 2.89. The minimum Gasteiger partial charge on any atom is -0.329 e. The fraction of sp³-hybridized carbons (Fsp3) is 0.389. The van der Waals surface area contributed by atoms with Crippen LogP contribution in [0.15, 0.2) is 41.2 Å². The molecule has 24 heavy (non-hydrogen) atoms. The lowest BCUT2D eigenvalue weighted by atomic mass is 10.1. The van der Waals surface area contributed by atoms with Gasteiger partial charge in [-0.3, -0.25) is 9.36 Å². The van der Waals surface area contributed by atoms with Gasteiger partial charge in [0, 0.05) is 25.7 Å². The van der Waals surface area contributed by atoms with Crippen LogP contribution in [0.2, 0.25) is 0 Å². The number of nitrogens with zero attached hydrogens (tertiary/aromatic N) is 1. The number of ether oxygens (including phenoxy) is 3. The molecule has 0 bridgehead atoms. The summed E-state index contributed by atoms with van der Waals surface area (Å²) in [5.74, 6) is -1.26. The summed E-state index contributed by atoms with van der Waals surface area (Å²) in [6.45, 7) is 4.77. The molecule has 0 aliphatic rings. The standard InChI is InChI=1S/C18H21NO4S/c1-4-22-18(21-3,23-5-2)12-19-15-11-10-13-8-6-7-9-14(13)16(15)24-17(19)20/h6-11H,4-5,12H2,1-3H3. The van der Waals surface area contributed by atoms with E-state index in [1.807, 2.05) is 50.2 Å². The van der Waals surface area contributed by atoms with E-state index in [-0.39, 0.29) is 11.4 Å². The lowest BCUT2D eigenvalue weighted by Gasteiger charge is -2.31. The Morgan fingerprint density at radius 3 is 2.46 bits per heavy atom. The first kappa shape index (κ1) is 17.1. The van der Waals surface area contributed by atoms with Crippen molar-refractivity contribution < 1.29 is 14.2 Å². The Morgan fingerprint density at radius 1 is 1.08 bits per heavy atom. The van der Waals surface area contributed by atoms with Gasteiger partial charge in [0.15, 0.2) is 0 Å². The molecule has 0 aliphatic carbocycles. The second kappa shape index (κ2) is 7.03. The van der Waals surface area contributed by atoms with Gasteiger partial charge in [0.2, 0.25) is 0 Å². The molecule has 1 aromatic heterocycles. The van der Waals surface area contributed by atoms with Gasteiger partial charge in [-0.25, -0.2) is 0 Å². The van der Waals surface area contributed by atoms with Crippen molar-refractivity contribution in [2.45, 2.75) is 26.4 Å². The molecule has 0 N–H and O–H groups in total. The lowest BCUT2D eigenvalue weighted by molar-refractivity contribution is -0.374. The fourth-order valence-corrected chi connectivity index (χ4v) is 3.92. The molecule has 6 heteroatoms. The van der Waals surface area contributed by atoms with Crippen LogP contribution < -0.4 is 4.87 Å². The molecule has 0 amide bonds. The first-order chi connectivity index (χ1) is 11.6. The van der Waals surface area contributed by atoms with Crippen molar-refractivity contribution in [1.82, 2.24) is 4.57 Å². The van der Waals surface area contributed by atoms with Crippen LogP contribution in [0, 0.1) is 0 Å². The SMILES string of the molecule is CCOC(Cn1c(=O)sc2c3ccccc3ccc21)(OC)OCC. The van der Waals surface area contributed by atoms with Gasteiger partial charge in [-0.15, -0.1) is 0 Å².